The van der Waals surface area contributed by atoms with Crippen LogP contribution in [0.3, 0.4) is 0 Å². The number of hydrogen-bond acceptors (Lipinski definition) is 1. The lowest BCUT2D eigenvalue weighted by Crippen LogP contribution is -1.99. The van der Waals surface area contributed by atoms with Gasteiger partial charge in [0.15, 0.2) is 0 Å². The van der Waals surface area contributed by atoms with Crippen molar-refractivity contribution in [2.75, 3.05) is 0 Å². The predicted octanol–water partition coefficient (Wildman–Crippen LogP) is 3.88. The molecule has 0 rings (SSSR count). The molecule has 1 nitrogen and oxygen atoms in total. The molecule has 0 unspecified atom stereocenters. The lowest BCUT2D eigenvalue weighted by atomic mass is 9.96. The summed E-state index contributed by atoms with van der Waals surface area (Å²) in [6, 6.07) is 0. The maximum atomic E-state index is 7.58. The molecule has 13 heavy (non-hydrogen) atoms. The van der Waals surface area contributed by atoms with Crippen LogP contribution in [0.4, 0.5) is 0 Å². The highest BCUT2D eigenvalue weighted by atomic mass is 14.4. The second kappa shape index (κ2) is 4.80. The summed E-state index contributed by atoms with van der Waals surface area (Å²) in [5.74, 6) is 0. The van der Waals surface area contributed by atoms with Crippen molar-refractivity contribution in [3.63, 3.8) is 0 Å². The van der Waals surface area contributed by atoms with Gasteiger partial charge in [-0.15, -0.1) is 0 Å². The summed E-state index contributed by atoms with van der Waals surface area (Å²) >= 11 is 0. The quantitative estimate of drug-likeness (QED) is 0.499. The van der Waals surface area contributed by atoms with E-state index in [9.17, 15) is 0 Å². The van der Waals surface area contributed by atoms with E-state index in [-0.39, 0.29) is 0 Å². The minimum atomic E-state index is 0.612. The van der Waals surface area contributed by atoms with E-state index in [2.05, 4.69) is 6.58 Å². The predicted molar refractivity (Wildman–Crippen MR) is 60.3 cm³/mol. The van der Waals surface area contributed by atoms with E-state index >= 15 is 0 Å². The number of nitrogens with one attached hydrogen (secondary N) is 1. The van der Waals surface area contributed by atoms with Crippen LogP contribution in [0, 0.1) is 5.41 Å². The Morgan fingerprint density at radius 3 is 1.77 bits per heavy atom. The van der Waals surface area contributed by atoms with Gasteiger partial charge in [0.2, 0.25) is 0 Å². The largest absolute Gasteiger partial charge is 0.305 e. The summed E-state index contributed by atoms with van der Waals surface area (Å²) in [6.07, 6.45) is 1.98. The van der Waals surface area contributed by atoms with E-state index in [4.69, 9.17) is 5.41 Å². The molecule has 0 saturated heterocycles. The normalized spacial score (nSPS) is 13.8. The van der Waals surface area contributed by atoms with Gasteiger partial charge in [-0.1, -0.05) is 18.2 Å². The fraction of sp³-hybridized carbons (Fsp3) is 0.417. The standard InChI is InChI=1S/C12H19N/c1-7-12(11(6)13)10(5)9(4)8(2)3/h7,13H,2H2,1,3-6H3/b10-9-,12-7+,13-11?. The Kier molecular flexibility index (Phi) is 4.39. The molecular weight excluding hydrogens is 158 g/mol. The Balaban J connectivity index is 5.18. The van der Waals surface area contributed by atoms with Gasteiger partial charge in [-0.05, 0) is 51.3 Å². The molecule has 1 heteroatoms. The summed E-state index contributed by atoms with van der Waals surface area (Å²) in [5, 5.41) is 7.58. The Morgan fingerprint density at radius 1 is 1.08 bits per heavy atom. The molecule has 1 N–H and O–H groups in total. The molecule has 0 bridgehead atoms. The van der Waals surface area contributed by atoms with Crippen LogP contribution in [0.5, 0.6) is 0 Å². The van der Waals surface area contributed by atoms with Crippen LogP contribution in [-0.4, -0.2) is 5.71 Å². The van der Waals surface area contributed by atoms with Crippen molar-refractivity contribution in [1.82, 2.24) is 0 Å². The van der Waals surface area contributed by atoms with Gasteiger partial charge in [0.1, 0.15) is 0 Å². The smallest absolute Gasteiger partial charge is 0.0354 e. The van der Waals surface area contributed by atoms with E-state index in [0.29, 0.717) is 5.71 Å². The highest BCUT2D eigenvalue weighted by molar-refractivity contribution is 5.99. The van der Waals surface area contributed by atoms with Gasteiger partial charge in [-0.2, -0.15) is 0 Å². The summed E-state index contributed by atoms with van der Waals surface area (Å²) in [6.45, 7) is 13.7. The Morgan fingerprint density at radius 2 is 1.54 bits per heavy atom. The monoisotopic (exact) mass is 177 g/mol. The molecule has 0 atom stereocenters. The van der Waals surface area contributed by atoms with Crippen molar-refractivity contribution in [1.29, 1.82) is 5.41 Å². The van der Waals surface area contributed by atoms with Crippen molar-refractivity contribution in [2.45, 2.75) is 34.6 Å². The maximum Gasteiger partial charge on any atom is 0.0354 e. The average molecular weight is 177 g/mol. The second-order valence-electron chi connectivity index (χ2n) is 3.36. The molecule has 0 aliphatic rings. The molecule has 0 fully saturated rings. The minimum absolute atomic E-state index is 0.612. The van der Waals surface area contributed by atoms with E-state index < -0.39 is 0 Å². The first-order chi connectivity index (χ1) is 5.91. The van der Waals surface area contributed by atoms with Gasteiger partial charge >= 0.3 is 0 Å². The molecule has 0 aromatic carbocycles. The Hall–Kier alpha value is -1.11. The highest BCUT2D eigenvalue weighted by Gasteiger charge is 2.05. The molecule has 0 spiro atoms. The summed E-state index contributed by atoms with van der Waals surface area (Å²) in [7, 11) is 0. The van der Waals surface area contributed by atoms with Crippen LogP contribution in [0.25, 0.3) is 0 Å². The maximum absolute atomic E-state index is 7.58. The number of rotatable bonds is 3. The molecule has 72 valence electrons. The zero-order valence-corrected chi connectivity index (χ0v) is 9.28. The fourth-order valence-electron chi connectivity index (χ4n) is 1.24. The van der Waals surface area contributed by atoms with Crippen LogP contribution < -0.4 is 0 Å². The Labute approximate surface area is 81.4 Å². The second-order valence-corrected chi connectivity index (χ2v) is 3.36. The van der Waals surface area contributed by atoms with E-state index in [1.54, 1.807) is 0 Å². The molecule has 0 saturated carbocycles. The summed E-state index contributed by atoms with van der Waals surface area (Å²) < 4.78 is 0. The molecule has 0 aromatic rings. The van der Waals surface area contributed by atoms with Crippen LogP contribution in [-0.2, 0) is 0 Å². The van der Waals surface area contributed by atoms with Crippen molar-refractivity contribution in [3.05, 3.63) is 34.9 Å². The van der Waals surface area contributed by atoms with Gasteiger partial charge in [0.25, 0.3) is 0 Å². The van der Waals surface area contributed by atoms with Crippen LogP contribution in [0.2, 0.25) is 0 Å². The van der Waals surface area contributed by atoms with E-state index in [1.165, 1.54) is 5.57 Å². The first kappa shape index (κ1) is 11.9. The summed E-state index contributed by atoms with van der Waals surface area (Å²) in [4.78, 5) is 0. The summed E-state index contributed by atoms with van der Waals surface area (Å²) in [5.41, 5.74) is 5.03. The third-order valence-electron chi connectivity index (χ3n) is 2.30. The molecule has 0 aliphatic carbocycles. The zero-order chi connectivity index (χ0) is 10.6. The van der Waals surface area contributed by atoms with Crippen molar-refractivity contribution in [2.24, 2.45) is 0 Å². The molecule has 0 heterocycles. The molecule has 0 aliphatic heterocycles. The van der Waals surface area contributed by atoms with Crippen molar-refractivity contribution < 1.29 is 0 Å². The third-order valence-corrected chi connectivity index (χ3v) is 2.30. The van der Waals surface area contributed by atoms with E-state index in [1.807, 2.05) is 40.7 Å². The van der Waals surface area contributed by atoms with Gasteiger partial charge in [-0.3, -0.25) is 0 Å². The number of allylic oxidation sites excluding steroid dienone is 5. The molecular formula is C12H19N. The fourth-order valence-corrected chi connectivity index (χ4v) is 1.24. The lowest BCUT2D eigenvalue weighted by Gasteiger charge is -2.10. The van der Waals surface area contributed by atoms with Gasteiger partial charge in [0, 0.05) is 5.71 Å². The molecule has 0 amide bonds. The van der Waals surface area contributed by atoms with Crippen LogP contribution in [0.15, 0.2) is 34.9 Å². The topological polar surface area (TPSA) is 23.9 Å². The number of hydrogen-bond donors (Lipinski definition) is 1. The van der Waals surface area contributed by atoms with Gasteiger partial charge in [-0.25, -0.2) is 0 Å². The van der Waals surface area contributed by atoms with Gasteiger partial charge in [0.05, 0.1) is 0 Å². The Bertz CT molecular complexity index is 290. The zero-order valence-electron chi connectivity index (χ0n) is 9.28. The SMILES string of the molecule is C=C(C)/C(C)=C(C)\C(=C/C)C(C)=N. The highest BCUT2D eigenvalue weighted by Crippen LogP contribution is 2.19. The van der Waals surface area contributed by atoms with Crippen LogP contribution >= 0.6 is 0 Å². The van der Waals surface area contributed by atoms with Gasteiger partial charge < -0.3 is 5.41 Å². The van der Waals surface area contributed by atoms with E-state index in [0.717, 1.165) is 16.7 Å². The van der Waals surface area contributed by atoms with Crippen LogP contribution in [0.1, 0.15) is 34.6 Å². The lowest BCUT2D eigenvalue weighted by molar-refractivity contribution is 1.25. The third kappa shape index (κ3) is 3.02. The molecule has 0 radical (unpaired) electrons. The average Bonchev–Trinajstić information content (AvgIpc) is 2.03. The van der Waals surface area contributed by atoms with Crippen molar-refractivity contribution >= 4 is 5.71 Å². The minimum Gasteiger partial charge on any atom is -0.305 e. The van der Waals surface area contributed by atoms with Crippen molar-refractivity contribution in [3.8, 4) is 0 Å². The molecule has 0 aromatic heterocycles. The first-order valence-corrected chi connectivity index (χ1v) is 4.47. The first-order valence-electron chi connectivity index (χ1n) is 4.47.